The van der Waals surface area contributed by atoms with Gasteiger partial charge in [0.05, 0.1) is 6.04 Å². The van der Waals surface area contributed by atoms with Crippen LogP contribution in [0.15, 0.2) is 48.5 Å². The minimum Gasteiger partial charge on any atom is -0.486 e. The summed E-state index contributed by atoms with van der Waals surface area (Å²) in [4.78, 5) is 0. The maximum Gasteiger partial charge on any atom is 0.166 e. The Morgan fingerprint density at radius 1 is 1.00 bits per heavy atom. The van der Waals surface area contributed by atoms with Crippen molar-refractivity contribution in [2.75, 3.05) is 13.2 Å². The molecule has 4 nitrogen and oxygen atoms in total. The molecule has 0 aromatic heterocycles. The van der Waals surface area contributed by atoms with Gasteiger partial charge in [-0.2, -0.15) is 0 Å². The molecule has 2 aromatic carbocycles. The fourth-order valence-corrected chi connectivity index (χ4v) is 2.65. The van der Waals surface area contributed by atoms with Gasteiger partial charge in [0.2, 0.25) is 0 Å². The monoisotopic (exact) mass is 284 g/mol. The van der Waals surface area contributed by atoms with Gasteiger partial charge in [0, 0.05) is 5.56 Å². The number of benzene rings is 2. The molecule has 0 bridgehead atoms. The van der Waals surface area contributed by atoms with Gasteiger partial charge < -0.3 is 9.47 Å². The standard InChI is InChI=1S/C17H20N2O2/c18-19-15(10-9-13-5-2-1-3-6-13)14-7-4-8-16-17(14)21-12-11-20-16/h1-8,15,19H,9-12,18H2. The SMILES string of the molecule is NNC(CCc1ccccc1)c1cccc2c1OCCO2. The predicted octanol–water partition coefficient (Wildman–Crippen LogP) is 2.60. The average Bonchev–Trinajstić information content (AvgIpc) is 2.56. The Bertz CT molecular complexity index is 587. The van der Waals surface area contributed by atoms with Gasteiger partial charge in [0.15, 0.2) is 11.5 Å². The van der Waals surface area contributed by atoms with Crippen molar-refractivity contribution in [3.05, 3.63) is 59.7 Å². The number of rotatable bonds is 5. The van der Waals surface area contributed by atoms with Gasteiger partial charge >= 0.3 is 0 Å². The maximum absolute atomic E-state index is 5.77. The molecule has 2 aromatic rings. The Kier molecular flexibility index (Phi) is 4.38. The molecular formula is C17H20N2O2. The number of para-hydroxylation sites is 1. The Morgan fingerprint density at radius 2 is 1.81 bits per heavy atom. The third-order valence-corrected chi connectivity index (χ3v) is 3.74. The average molecular weight is 284 g/mol. The molecule has 0 saturated carbocycles. The minimum atomic E-state index is 0.0434. The van der Waals surface area contributed by atoms with E-state index in [1.165, 1.54) is 5.56 Å². The van der Waals surface area contributed by atoms with E-state index < -0.39 is 0 Å². The number of hydrogen-bond donors (Lipinski definition) is 2. The second kappa shape index (κ2) is 6.61. The lowest BCUT2D eigenvalue weighted by Crippen LogP contribution is -2.29. The van der Waals surface area contributed by atoms with Crippen LogP contribution in [0, 0.1) is 0 Å². The molecule has 3 rings (SSSR count). The zero-order valence-corrected chi connectivity index (χ0v) is 11.9. The van der Waals surface area contributed by atoms with Crippen molar-refractivity contribution in [3.8, 4) is 11.5 Å². The number of ether oxygens (including phenoxy) is 2. The lowest BCUT2D eigenvalue weighted by Gasteiger charge is -2.25. The van der Waals surface area contributed by atoms with Crippen LogP contribution in [0.4, 0.5) is 0 Å². The van der Waals surface area contributed by atoms with Crippen LogP contribution in [-0.4, -0.2) is 13.2 Å². The van der Waals surface area contributed by atoms with Gasteiger partial charge in [-0.1, -0.05) is 42.5 Å². The lowest BCUT2D eigenvalue weighted by molar-refractivity contribution is 0.168. The first-order valence-electron chi connectivity index (χ1n) is 7.27. The normalized spacial score (nSPS) is 14.7. The van der Waals surface area contributed by atoms with Crippen LogP contribution >= 0.6 is 0 Å². The molecule has 0 saturated heterocycles. The third kappa shape index (κ3) is 3.17. The molecule has 1 aliphatic heterocycles. The highest BCUT2D eigenvalue weighted by Gasteiger charge is 2.21. The number of aryl methyl sites for hydroxylation is 1. The van der Waals surface area contributed by atoms with E-state index in [1.54, 1.807) is 0 Å². The van der Waals surface area contributed by atoms with Crippen LogP contribution in [0.5, 0.6) is 11.5 Å². The Labute approximate surface area is 124 Å². The molecule has 0 aliphatic carbocycles. The molecule has 0 radical (unpaired) electrons. The molecule has 21 heavy (non-hydrogen) atoms. The molecule has 1 heterocycles. The molecule has 4 heteroatoms. The van der Waals surface area contributed by atoms with E-state index in [-0.39, 0.29) is 6.04 Å². The summed E-state index contributed by atoms with van der Waals surface area (Å²) >= 11 is 0. The smallest absolute Gasteiger partial charge is 0.166 e. The zero-order valence-electron chi connectivity index (χ0n) is 11.9. The minimum absolute atomic E-state index is 0.0434. The highest BCUT2D eigenvalue weighted by Crippen LogP contribution is 2.37. The fraction of sp³-hybridized carbons (Fsp3) is 0.294. The summed E-state index contributed by atoms with van der Waals surface area (Å²) in [5, 5.41) is 0. The lowest BCUT2D eigenvalue weighted by atomic mass is 9.98. The van der Waals surface area contributed by atoms with Gasteiger partial charge in [-0.05, 0) is 24.5 Å². The topological polar surface area (TPSA) is 56.5 Å². The van der Waals surface area contributed by atoms with Crippen LogP contribution in [-0.2, 0) is 6.42 Å². The van der Waals surface area contributed by atoms with Crippen LogP contribution in [0.1, 0.15) is 23.6 Å². The summed E-state index contributed by atoms with van der Waals surface area (Å²) < 4.78 is 11.4. The zero-order chi connectivity index (χ0) is 14.5. The van der Waals surface area contributed by atoms with E-state index in [2.05, 4.69) is 29.7 Å². The van der Waals surface area contributed by atoms with Gasteiger partial charge in [0.1, 0.15) is 13.2 Å². The van der Waals surface area contributed by atoms with E-state index in [0.717, 1.165) is 29.9 Å². The first-order valence-corrected chi connectivity index (χ1v) is 7.27. The molecule has 1 unspecified atom stereocenters. The van der Waals surface area contributed by atoms with Crippen molar-refractivity contribution in [1.29, 1.82) is 0 Å². The number of hydrazine groups is 1. The maximum atomic E-state index is 5.77. The van der Waals surface area contributed by atoms with Crippen molar-refractivity contribution in [2.45, 2.75) is 18.9 Å². The number of nitrogens with one attached hydrogen (secondary N) is 1. The van der Waals surface area contributed by atoms with Crippen molar-refractivity contribution >= 4 is 0 Å². The Hall–Kier alpha value is -2.04. The number of nitrogens with two attached hydrogens (primary N) is 1. The van der Waals surface area contributed by atoms with E-state index in [4.69, 9.17) is 15.3 Å². The van der Waals surface area contributed by atoms with Crippen molar-refractivity contribution in [3.63, 3.8) is 0 Å². The predicted molar refractivity (Wildman–Crippen MR) is 82.3 cm³/mol. The molecular weight excluding hydrogens is 264 g/mol. The van der Waals surface area contributed by atoms with Crippen molar-refractivity contribution in [1.82, 2.24) is 5.43 Å². The summed E-state index contributed by atoms with van der Waals surface area (Å²) in [6.45, 7) is 1.18. The van der Waals surface area contributed by atoms with E-state index in [1.807, 2.05) is 24.3 Å². The van der Waals surface area contributed by atoms with Crippen molar-refractivity contribution in [2.24, 2.45) is 5.84 Å². The van der Waals surface area contributed by atoms with Gasteiger partial charge in [-0.15, -0.1) is 0 Å². The van der Waals surface area contributed by atoms with E-state index >= 15 is 0 Å². The molecule has 1 aliphatic rings. The van der Waals surface area contributed by atoms with Crippen molar-refractivity contribution < 1.29 is 9.47 Å². The van der Waals surface area contributed by atoms with Gasteiger partial charge in [-0.25, -0.2) is 0 Å². The molecule has 0 fully saturated rings. The van der Waals surface area contributed by atoms with Gasteiger partial charge in [-0.3, -0.25) is 11.3 Å². The first kappa shape index (κ1) is 13.9. The molecule has 0 spiro atoms. The number of hydrogen-bond acceptors (Lipinski definition) is 4. The quantitative estimate of drug-likeness (QED) is 0.654. The van der Waals surface area contributed by atoms with Crippen LogP contribution < -0.4 is 20.7 Å². The molecule has 1 atom stereocenters. The highest BCUT2D eigenvalue weighted by atomic mass is 16.6. The van der Waals surface area contributed by atoms with Gasteiger partial charge in [0.25, 0.3) is 0 Å². The number of fused-ring (bicyclic) bond motifs is 1. The summed E-state index contributed by atoms with van der Waals surface area (Å²) in [7, 11) is 0. The van der Waals surface area contributed by atoms with E-state index in [9.17, 15) is 0 Å². The summed E-state index contributed by atoms with van der Waals surface area (Å²) in [6, 6.07) is 16.4. The van der Waals surface area contributed by atoms with Crippen LogP contribution in [0.2, 0.25) is 0 Å². The fourth-order valence-electron chi connectivity index (χ4n) is 2.65. The van der Waals surface area contributed by atoms with Crippen LogP contribution in [0.3, 0.4) is 0 Å². The summed E-state index contributed by atoms with van der Waals surface area (Å²) in [5.41, 5.74) is 5.27. The summed E-state index contributed by atoms with van der Waals surface area (Å²) in [6.07, 6.45) is 1.86. The first-order chi connectivity index (χ1) is 10.4. The van der Waals surface area contributed by atoms with E-state index in [0.29, 0.717) is 13.2 Å². The largest absolute Gasteiger partial charge is 0.486 e. The Balaban J connectivity index is 1.77. The third-order valence-electron chi connectivity index (χ3n) is 3.74. The van der Waals surface area contributed by atoms with Crippen LogP contribution in [0.25, 0.3) is 0 Å². The molecule has 0 amide bonds. The molecule has 3 N–H and O–H groups in total. The Morgan fingerprint density at radius 3 is 2.62 bits per heavy atom. The highest BCUT2D eigenvalue weighted by molar-refractivity contribution is 5.48. The second-order valence-corrected chi connectivity index (χ2v) is 5.11. The second-order valence-electron chi connectivity index (χ2n) is 5.11. The molecule has 110 valence electrons. The summed E-state index contributed by atoms with van der Waals surface area (Å²) in [5.74, 6) is 7.38.